The zero-order valence-electron chi connectivity index (χ0n) is 15.2. The van der Waals surface area contributed by atoms with Gasteiger partial charge in [-0.15, -0.1) is 0 Å². The molecule has 4 aromatic carbocycles. The van der Waals surface area contributed by atoms with E-state index >= 15 is 0 Å². The van der Waals surface area contributed by atoms with Crippen molar-refractivity contribution >= 4 is 26.8 Å². The number of hydrogen-bond acceptors (Lipinski definition) is 0. The van der Waals surface area contributed by atoms with E-state index in [0.717, 1.165) is 10.2 Å². The van der Waals surface area contributed by atoms with Gasteiger partial charge in [-0.3, -0.25) is 0 Å². The Bertz CT molecular complexity index is 1240. The Balaban J connectivity index is 1.95. The molecule has 28 heavy (non-hydrogen) atoms. The number of benzene rings is 4. The molecule has 1 nitrogen and oxygen atoms in total. The van der Waals surface area contributed by atoms with Crippen molar-refractivity contribution in [2.24, 2.45) is 0 Å². The summed E-state index contributed by atoms with van der Waals surface area (Å²) in [4.78, 5) is 0. The minimum atomic E-state index is 1.08. The Morgan fingerprint density at radius 1 is 0.536 bits per heavy atom. The van der Waals surface area contributed by atoms with Crippen LogP contribution in [0.3, 0.4) is 0 Å². The zero-order valence-corrected chi connectivity index (χ0v) is 16.8. The highest BCUT2D eigenvalue weighted by atomic mass is 79.9. The summed E-state index contributed by atoms with van der Waals surface area (Å²) in [6.45, 7) is 0. The van der Waals surface area contributed by atoms with Gasteiger partial charge in [0.05, 0.1) is 11.2 Å². The van der Waals surface area contributed by atoms with Crippen molar-refractivity contribution < 1.29 is 0 Å². The average Bonchev–Trinajstić information content (AvgIpc) is 3.11. The van der Waals surface area contributed by atoms with E-state index in [1.807, 2.05) is 0 Å². The van der Waals surface area contributed by atoms with Crippen LogP contribution in [-0.4, -0.2) is 4.57 Å². The monoisotopic (exact) mass is 423 g/mol. The molecule has 0 saturated heterocycles. The second kappa shape index (κ2) is 7.14. The van der Waals surface area contributed by atoms with Crippen LogP contribution in [0, 0.1) is 0 Å². The smallest absolute Gasteiger partial charge is 0.0619 e. The number of nitrogens with zero attached hydrogens (tertiary/aromatic N) is 1. The maximum absolute atomic E-state index is 3.56. The van der Waals surface area contributed by atoms with Gasteiger partial charge in [0.25, 0.3) is 0 Å². The molecule has 0 aliphatic heterocycles. The summed E-state index contributed by atoms with van der Waals surface area (Å²) in [6.07, 6.45) is 0. The molecular formula is C26H18BrN. The summed E-state index contributed by atoms with van der Waals surface area (Å²) in [5.74, 6) is 0. The van der Waals surface area contributed by atoms with Crippen LogP contribution in [0.25, 0.3) is 39.0 Å². The van der Waals surface area contributed by atoms with Gasteiger partial charge in [0.2, 0.25) is 0 Å². The fraction of sp³-hybridized carbons (Fsp3) is 0. The van der Waals surface area contributed by atoms with Crippen molar-refractivity contribution in [3.8, 4) is 28.1 Å². The van der Waals surface area contributed by atoms with Crippen LogP contribution in [0.2, 0.25) is 0 Å². The Morgan fingerprint density at radius 3 is 1.79 bits per heavy atom. The molecule has 0 N–H and O–H groups in total. The van der Waals surface area contributed by atoms with E-state index in [1.165, 1.54) is 33.3 Å². The third-order valence-electron chi connectivity index (χ3n) is 5.07. The molecule has 134 valence electrons. The molecule has 0 aliphatic carbocycles. The van der Waals surface area contributed by atoms with Gasteiger partial charge in [-0.05, 0) is 41.5 Å². The van der Waals surface area contributed by atoms with E-state index in [-0.39, 0.29) is 0 Å². The molecule has 0 amide bonds. The molecule has 5 aromatic rings. The van der Waals surface area contributed by atoms with Gasteiger partial charge in [-0.25, -0.2) is 0 Å². The first-order valence-corrected chi connectivity index (χ1v) is 10.1. The van der Waals surface area contributed by atoms with Gasteiger partial charge < -0.3 is 4.57 Å². The van der Waals surface area contributed by atoms with Gasteiger partial charge in [-0.2, -0.15) is 0 Å². The molecule has 0 radical (unpaired) electrons. The standard InChI is InChI=1S/C26H18BrN/c27-21-15-17-22(18-16-21)28-24-14-8-7-13-23(24)25(19-9-3-1-4-10-19)26(28)20-11-5-2-6-12-20/h1-18H. The van der Waals surface area contributed by atoms with Gasteiger partial charge in [-0.1, -0.05) is 94.8 Å². The van der Waals surface area contributed by atoms with Crippen molar-refractivity contribution in [2.45, 2.75) is 0 Å². The number of para-hydroxylation sites is 1. The topological polar surface area (TPSA) is 4.93 Å². The van der Waals surface area contributed by atoms with E-state index in [0.29, 0.717) is 0 Å². The van der Waals surface area contributed by atoms with E-state index in [9.17, 15) is 0 Å². The first-order chi connectivity index (χ1) is 13.8. The first-order valence-electron chi connectivity index (χ1n) is 9.33. The summed E-state index contributed by atoms with van der Waals surface area (Å²) >= 11 is 3.56. The Kier molecular flexibility index (Phi) is 4.34. The van der Waals surface area contributed by atoms with Crippen LogP contribution in [0.4, 0.5) is 0 Å². The molecule has 0 saturated carbocycles. The molecule has 0 aliphatic rings. The largest absolute Gasteiger partial charge is 0.309 e. The maximum atomic E-state index is 3.56. The van der Waals surface area contributed by atoms with Crippen molar-refractivity contribution in [3.05, 3.63) is 114 Å². The molecule has 0 fully saturated rings. The fourth-order valence-electron chi connectivity index (χ4n) is 3.86. The molecule has 2 heteroatoms. The highest BCUT2D eigenvalue weighted by Crippen LogP contribution is 2.42. The summed E-state index contributed by atoms with van der Waals surface area (Å²) < 4.78 is 3.46. The van der Waals surface area contributed by atoms with E-state index < -0.39 is 0 Å². The van der Waals surface area contributed by atoms with Crippen molar-refractivity contribution in [1.82, 2.24) is 4.57 Å². The molecule has 0 atom stereocenters. The Morgan fingerprint density at radius 2 is 1.11 bits per heavy atom. The zero-order chi connectivity index (χ0) is 18.9. The quantitative estimate of drug-likeness (QED) is 0.279. The third-order valence-corrected chi connectivity index (χ3v) is 5.60. The lowest BCUT2D eigenvalue weighted by molar-refractivity contribution is 1.13. The normalized spacial score (nSPS) is 11.0. The summed E-state index contributed by atoms with van der Waals surface area (Å²) in [5, 5.41) is 1.26. The second-order valence-electron chi connectivity index (χ2n) is 6.78. The van der Waals surface area contributed by atoms with Gasteiger partial charge in [0.15, 0.2) is 0 Å². The number of hydrogen-bond donors (Lipinski definition) is 0. The van der Waals surface area contributed by atoms with E-state index in [2.05, 4.69) is 130 Å². The molecule has 0 unspecified atom stereocenters. The van der Waals surface area contributed by atoms with Crippen molar-refractivity contribution in [2.75, 3.05) is 0 Å². The summed E-state index contributed by atoms with van der Waals surface area (Å²) in [6, 6.07) is 38.5. The number of rotatable bonds is 3. The summed E-state index contributed by atoms with van der Waals surface area (Å²) in [5.41, 5.74) is 7.29. The maximum Gasteiger partial charge on any atom is 0.0619 e. The van der Waals surface area contributed by atoms with Crippen molar-refractivity contribution in [3.63, 3.8) is 0 Å². The molecule has 0 spiro atoms. The van der Waals surface area contributed by atoms with Crippen molar-refractivity contribution in [1.29, 1.82) is 0 Å². The van der Waals surface area contributed by atoms with Crippen LogP contribution in [0.1, 0.15) is 0 Å². The molecule has 1 heterocycles. The van der Waals surface area contributed by atoms with Crippen LogP contribution < -0.4 is 0 Å². The third kappa shape index (κ3) is 2.87. The van der Waals surface area contributed by atoms with Crippen LogP contribution in [-0.2, 0) is 0 Å². The minimum Gasteiger partial charge on any atom is -0.309 e. The van der Waals surface area contributed by atoms with E-state index in [1.54, 1.807) is 0 Å². The van der Waals surface area contributed by atoms with Crippen LogP contribution in [0.15, 0.2) is 114 Å². The second-order valence-corrected chi connectivity index (χ2v) is 7.70. The van der Waals surface area contributed by atoms with Crippen LogP contribution >= 0.6 is 15.9 Å². The van der Waals surface area contributed by atoms with E-state index in [4.69, 9.17) is 0 Å². The molecule has 0 bridgehead atoms. The van der Waals surface area contributed by atoms with Crippen LogP contribution in [0.5, 0.6) is 0 Å². The lowest BCUT2D eigenvalue weighted by Gasteiger charge is -2.13. The average molecular weight is 424 g/mol. The lowest BCUT2D eigenvalue weighted by atomic mass is 9.98. The SMILES string of the molecule is Brc1ccc(-n2c(-c3ccccc3)c(-c3ccccc3)c3ccccc32)cc1. The predicted octanol–water partition coefficient (Wildman–Crippen LogP) is 7.73. The number of fused-ring (bicyclic) bond motifs is 1. The highest BCUT2D eigenvalue weighted by Gasteiger charge is 2.20. The molecule has 5 rings (SSSR count). The summed E-state index contributed by atoms with van der Waals surface area (Å²) in [7, 11) is 0. The van der Waals surface area contributed by atoms with Gasteiger partial charge in [0.1, 0.15) is 0 Å². The predicted molar refractivity (Wildman–Crippen MR) is 122 cm³/mol. The first kappa shape index (κ1) is 17.0. The Labute approximate surface area is 173 Å². The Hall–Kier alpha value is -3.10. The highest BCUT2D eigenvalue weighted by molar-refractivity contribution is 9.10. The van der Waals surface area contributed by atoms with Gasteiger partial charge in [0, 0.05) is 21.1 Å². The molecular weight excluding hydrogens is 406 g/mol. The fourth-order valence-corrected chi connectivity index (χ4v) is 4.13. The minimum absolute atomic E-state index is 1.08. The lowest BCUT2D eigenvalue weighted by Crippen LogP contribution is -1.97. The number of aromatic nitrogens is 1. The molecule has 1 aromatic heterocycles. The van der Waals surface area contributed by atoms with Gasteiger partial charge >= 0.3 is 0 Å². The number of halogens is 1.